The van der Waals surface area contributed by atoms with Crippen molar-refractivity contribution in [3.8, 4) is 0 Å². The van der Waals surface area contributed by atoms with Crippen LogP contribution in [0.4, 0.5) is 0 Å². The Morgan fingerprint density at radius 3 is 2.08 bits per heavy atom. The molecule has 0 saturated heterocycles. The maximum atomic E-state index is 5.95. The van der Waals surface area contributed by atoms with E-state index in [2.05, 4.69) is 68.7 Å². The molecule has 0 aliphatic rings. The largest absolute Gasteiger partial charge is 0.405 e. The molecule has 0 radical (unpaired) electrons. The third kappa shape index (κ3) is 10.8. The van der Waals surface area contributed by atoms with Gasteiger partial charge < -0.3 is 17.2 Å². The zero-order valence-electron chi connectivity index (χ0n) is 22.0. The lowest BCUT2D eigenvalue weighted by molar-refractivity contribution is 1.26. The zero-order chi connectivity index (χ0) is 26.8. The fourth-order valence-electron chi connectivity index (χ4n) is 3.22. The molecule has 3 nitrogen and oxygen atoms in total. The Balaban J connectivity index is 2.95. The highest BCUT2D eigenvalue weighted by molar-refractivity contribution is 5.76. The van der Waals surface area contributed by atoms with Crippen LogP contribution >= 0.6 is 0 Å². The minimum absolute atomic E-state index is 0.783. The van der Waals surface area contributed by atoms with Crippen molar-refractivity contribution in [1.29, 1.82) is 0 Å². The number of hydrogen-bond acceptors (Lipinski definition) is 3. The molecule has 0 spiro atoms. The molecule has 0 aliphatic carbocycles. The van der Waals surface area contributed by atoms with E-state index in [1.165, 1.54) is 17.3 Å². The standard InChI is InChI=1S/C33H41N3/c1-6-29(12-9-8-10-22-34)18-15-26(3)27(4)16-19-31-24-32(20-17-28(31)5)33(25-36)14-11-13-30(7-2)21-23-35/h6-11,14-25H,3-4,12-13,34-36H2,1-2,5H3/b9-8-,14-11-,18-15-,19-16-,22-10-,23-21-,29-6-,30-7-,33-25+. The maximum absolute atomic E-state index is 5.95. The maximum Gasteiger partial charge on any atom is 0.00174 e. The van der Waals surface area contributed by atoms with Gasteiger partial charge in [-0.05, 0) is 109 Å². The van der Waals surface area contributed by atoms with Gasteiger partial charge in [-0.2, -0.15) is 0 Å². The van der Waals surface area contributed by atoms with Crippen LogP contribution < -0.4 is 17.2 Å². The Morgan fingerprint density at radius 2 is 1.44 bits per heavy atom. The van der Waals surface area contributed by atoms with Crippen molar-refractivity contribution in [2.75, 3.05) is 0 Å². The van der Waals surface area contributed by atoms with Gasteiger partial charge in [0.25, 0.3) is 0 Å². The molecule has 0 atom stereocenters. The van der Waals surface area contributed by atoms with E-state index in [4.69, 9.17) is 17.2 Å². The van der Waals surface area contributed by atoms with Gasteiger partial charge in [0.05, 0.1) is 0 Å². The molecule has 0 heterocycles. The Hall–Kier alpha value is -4.24. The second kappa shape index (κ2) is 17.2. The fourth-order valence-corrected chi connectivity index (χ4v) is 3.22. The summed E-state index contributed by atoms with van der Waals surface area (Å²) in [5.41, 5.74) is 25.1. The first-order valence-corrected chi connectivity index (χ1v) is 12.1. The monoisotopic (exact) mass is 479 g/mol. The average Bonchev–Trinajstić information content (AvgIpc) is 2.89. The molecule has 6 N–H and O–H groups in total. The molecule has 3 heteroatoms. The molecule has 1 aromatic rings. The van der Waals surface area contributed by atoms with Gasteiger partial charge in [0.2, 0.25) is 0 Å². The summed E-state index contributed by atoms with van der Waals surface area (Å²) >= 11 is 0. The number of nitrogens with two attached hydrogens (primary N) is 3. The van der Waals surface area contributed by atoms with Crippen molar-refractivity contribution in [1.82, 2.24) is 0 Å². The summed E-state index contributed by atoms with van der Waals surface area (Å²) in [5.74, 6) is 0. The van der Waals surface area contributed by atoms with E-state index in [9.17, 15) is 0 Å². The highest BCUT2D eigenvalue weighted by Crippen LogP contribution is 2.22. The smallest absolute Gasteiger partial charge is 0.00174 e. The van der Waals surface area contributed by atoms with E-state index < -0.39 is 0 Å². The zero-order valence-corrected chi connectivity index (χ0v) is 22.0. The summed E-state index contributed by atoms with van der Waals surface area (Å²) in [4.78, 5) is 0. The topological polar surface area (TPSA) is 78.1 Å². The lowest BCUT2D eigenvalue weighted by Gasteiger charge is -2.08. The lowest BCUT2D eigenvalue weighted by atomic mass is 9.98. The van der Waals surface area contributed by atoms with E-state index in [1.54, 1.807) is 12.4 Å². The predicted molar refractivity (Wildman–Crippen MR) is 161 cm³/mol. The first kappa shape index (κ1) is 29.8. The van der Waals surface area contributed by atoms with Crippen molar-refractivity contribution in [2.45, 2.75) is 33.6 Å². The Labute approximate surface area is 218 Å². The number of allylic oxidation sites excluding steroid dienone is 16. The van der Waals surface area contributed by atoms with E-state index in [-0.39, 0.29) is 0 Å². The van der Waals surface area contributed by atoms with E-state index in [1.807, 2.05) is 56.4 Å². The molecule has 0 aromatic heterocycles. The molecule has 0 unspecified atom stereocenters. The Kier molecular flexibility index (Phi) is 14.3. The molecule has 0 aliphatic heterocycles. The molecule has 0 fully saturated rings. The molecular formula is C33H41N3. The van der Waals surface area contributed by atoms with Gasteiger partial charge in [-0.3, -0.25) is 0 Å². The van der Waals surface area contributed by atoms with Crippen LogP contribution in [0.1, 0.15) is 43.4 Å². The summed E-state index contributed by atoms with van der Waals surface area (Å²) in [7, 11) is 0. The average molecular weight is 480 g/mol. The van der Waals surface area contributed by atoms with E-state index in [0.717, 1.165) is 46.3 Å². The molecule has 0 bridgehead atoms. The Bertz CT molecular complexity index is 1160. The fraction of sp³-hybridized carbons (Fsp3) is 0.152. The van der Waals surface area contributed by atoms with Gasteiger partial charge in [0.1, 0.15) is 0 Å². The number of rotatable bonds is 13. The van der Waals surface area contributed by atoms with E-state index in [0.29, 0.717) is 0 Å². The van der Waals surface area contributed by atoms with Crippen molar-refractivity contribution in [2.24, 2.45) is 17.2 Å². The van der Waals surface area contributed by atoms with Gasteiger partial charge in [-0.25, -0.2) is 0 Å². The van der Waals surface area contributed by atoms with Crippen LogP contribution in [-0.2, 0) is 0 Å². The number of hydrogen-bond donors (Lipinski definition) is 3. The van der Waals surface area contributed by atoms with E-state index >= 15 is 0 Å². The number of aryl methyl sites for hydroxylation is 1. The minimum atomic E-state index is 0.783. The molecule has 1 rings (SSSR count). The Morgan fingerprint density at radius 1 is 0.778 bits per heavy atom. The molecule has 0 saturated carbocycles. The van der Waals surface area contributed by atoms with Crippen LogP contribution in [0.15, 0.2) is 139 Å². The molecular weight excluding hydrogens is 438 g/mol. The molecule has 36 heavy (non-hydrogen) atoms. The van der Waals surface area contributed by atoms with Crippen LogP contribution in [0.25, 0.3) is 11.6 Å². The minimum Gasteiger partial charge on any atom is -0.405 e. The van der Waals surface area contributed by atoms with Crippen LogP contribution in [0, 0.1) is 6.92 Å². The third-order valence-electron chi connectivity index (χ3n) is 5.58. The first-order chi connectivity index (χ1) is 17.4. The van der Waals surface area contributed by atoms with Crippen LogP contribution in [-0.4, -0.2) is 0 Å². The number of benzene rings is 1. The van der Waals surface area contributed by atoms with Crippen LogP contribution in [0.5, 0.6) is 0 Å². The summed E-state index contributed by atoms with van der Waals surface area (Å²) < 4.78 is 0. The van der Waals surface area contributed by atoms with Gasteiger partial charge in [0.15, 0.2) is 0 Å². The van der Waals surface area contributed by atoms with Crippen molar-refractivity contribution >= 4 is 11.6 Å². The van der Waals surface area contributed by atoms with Gasteiger partial charge in [-0.1, -0.05) is 86.1 Å². The molecule has 188 valence electrons. The van der Waals surface area contributed by atoms with Crippen molar-refractivity contribution in [3.05, 3.63) is 156 Å². The molecule has 1 aromatic carbocycles. The summed E-state index contributed by atoms with van der Waals surface area (Å²) in [6.07, 6.45) is 30.4. The van der Waals surface area contributed by atoms with Crippen molar-refractivity contribution < 1.29 is 0 Å². The predicted octanol–water partition coefficient (Wildman–Crippen LogP) is 7.71. The van der Waals surface area contributed by atoms with Gasteiger partial charge in [0, 0.05) is 6.20 Å². The van der Waals surface area contributed by atoms with Gasteiger partial charge in [-0.15, -0.1) is 0 Å². The van der Waals surface area contributed by atoms with Crippen LogP contribution in [0.3, 0.4) is 0 Å². The third-order valence-corrected chi connectivity index (χ3v) is 5.58. The normalized spacial score (nSPS) is 14.0. The lowest BCUT2D eigenvalue weighted by Crippen LogP contribution is -1.90. The van der Waals surface area contributed by atoms with Crippen molar-refractivity contribution in [3.63, 3.8) is 0 Å². The first-order valence-electron chi connectivity index (χ1n) is 12.1. The van der Waals surface area contributed by atoms with Gasteiger partial charge >= 0.3 is 0 Å². The second-order valence-corrected chi connectivity index (χ2v) is 8.12. The molecule has 0 amide bonds. The summed E-state index contributed by atoms with van der Waals surface area (Å²) in [6.45, 7) is 14.5. The quantitative estimate of drug-likeness (QED) is 0.254. The summed E-state index contributed by atoms with van der Waals surface area (Å²) in [6, 6.07) is 6.32. The highest BCUT2D eigenvalue weighted by atomic mass is 14.5. The second-order valence-electron chi connectivity index (χ2n) is 8.12. The SMILES string of the molecule is C=C(/C=C\C(=C/C)C/C=C\C=C/N)C(=C)/C=C\c1cc(C(/C=C\CC(/C=C\N)=C/C)=C/N)ccc1C. The summed E-state index contributed by atoms with van der Waals surface area (Å²) in [5, 5.41) is 0. The van der Waals surface area contributed by atoms with Crippen LogP contribution in [0.2, 0.25) is 0 Å². The highest BCUT2D eigenvalue weighted by Gasteiger charge is 2.02.